The number of hydrogen-bond donors (Lipinski definition) is 1. The summed E-state index contributed by atoms with van der Waals surface area (Å²) in [4.78, 5) is 11.8. The predicted molar refractivity (Wildman–Crippen MR) is 125 cm³/mol. The molecular formula is C25H44N4O. The van der Waals surface area contributed by atoms with Crippen molar-refractivity contribution in [1.82, 2.24) is 19.7 Å². The van der Waals surface area contributed by atoms with E-state index in [1.165, 1.54) is 38.8 Å². The average molecular weight is 417 g/mol. The highest BCUT2D eigenvalue weighted by molar-refractivity contribution is 5.20. The van der Waals surface area contributed by atoms with Crippen LogP contribution in [-0.2, 0) is 5.60 Å². The minimum absolute atomic E-state index is 0.152. The fourth-order valence-corrected chi connectivity index (χ4v) is 5.35. The summed E-state index contributed by atoms with van der Waals surface area (Å²) in [6, 6.07) is 4.66. The van der Waals surface area contributed by atoms with Gasteiger partial charge in [0, 0.05) is 55.7 Å². The smallest absolute Gasteiger partial charge is 0.0922 e. The molecule has 1 aromatic rings. The molecule has 3 heterocycles. The Morgan fingerprint density at radius 3 is 1.87 bits per heavy atom. The van der Waals surface area contributed by atoms with Crippen LogP contribution >= 0.6 is 0 Å². The third-order valence-corrected chi connectivity index (χ3v) is 8.06. The molecule has 30 heavy (non-hydrogen) atoms. The highest BCUT2D eigenvalue weighted by atomic mass is 16.3. The van der Waals surface area contributed by atoms with Crippen molar-refractivity contribution >= 4 is 0 Å². The molecule has 0 saturated carbocycles. The number of likely N-dealkylation sites (tertiary alicyclic amines) is 2. The number of nitrogens with zero attached hydrogens (tertiary/aromatic N) is 4. The molecule has 1 aromatic heterocycles. The van der Waals surface area contributed by atoms with Crippen LogP contribution in [0.15, 0.2) is 24.5 Å². The second-order valence-corrected chi connectivity index (χ2v) is 11.1. The summed E-state index contributed by atoms with van der Waals surface area (Å²) in [6.45, 7) is 13.9. The Kier molecular flexibility index (Phi) is 7.28. The molecule has 170 valence electrons. The zero-order chi connectivity index (χ0) is 22.0. The first-order valence-electron chi connectivity index (χ1n) is 11.8. The molecule has 0 aromatic carbocycles. The molecule has 0 radical (unpaired) electrons. The van der Waals surface area contributed by atoms with Crippen LogP contribution in [-0.4, -0.2) is 82.2 Å². The van der Waals surface area contributed by atoms with Gasteiger partial charge in [0.1, 0.15) is 0 Å². The van der Waals surface area contributed by atoms with Crippen LogP contribution in [0, 0.1) is 0 Å². The molecule has 2 fully saturated rings. The molecule has 0 aliphatic carbocycles. The van der Waals surface area contributed by atoms with Crippen molar-refractivity contribution < 1.29 is 5.11 Å². The Balaban J connectivity index is 1.52. The minimum Gasteiger partial charge on any atom is -0.385 e. The number of aromatic nitrogens is 1. The first-order chi connectivity index (χ1) is 14.0. The molecule has 2 aliphatic heterocycles. The van der Waals surface area contributed by atoms with E-state index in [9.17, 15) is 5.11 Å². The number of pyridine rings is 1. The topological polar surface area (TPSA) is 42.8 Å². The Morgan fingerprint density at radius 2 is 1.40 bits per heavy atom. The van der Waals surface area contributed by atoms with Crippen LogP contribution < -0.4 is 0 Å². The summed E-state index contributed by atoms with van der Waals surface area (Å²) < 4.78 is 0. The lowest BCUT2D eigenvalue weighted by molar-refractivity contribution is -0.0539. The summed E-state index contributed by atoms with van der Waals surface area (Å²) >= 11 is 0. The fraction of sp³-hybridized carbons (Fsp3) is 0.800. The fourth-order valence-electron chi connectivity index (χ4n) is 5.35. The van der Waals surface area contributed by atoms with Crippen LogP contribution in [0.1, 0.15) is 71.8 Å². The summed E-state index contributed by atoms with van der Waals surface area (Å²) in [5.41, 5.74) is 0.698. The Hall–Kier alpha value is -1.01. The van der Waals surface area contributed by atoms with Gasteiger partial charge < -0.3 is 10.0 Å². The van der Waals surface area contributed by atoms with E-state index in [0.29, 0.717) is 0 Å². The van der Waals surface area contributed by atoms with Crippen molar-refractivity contribution in [1.29, 1.82) is 0 Å². The molecule has 2 aliphatic rings. The first-order valence-corrected chi connectivity index (χ1v) is 11.8. The van der Waals surface area contributed by atoms with Gasteiger partial charge in [0.05, 0.1) is 5.60 Å². The Bertz CT molecular complexity index is 657. The van der Waals surface area contributed by atoms with Crippen molar-refractivity contribution in [2.75, 3.05) is 40.3 Å². The van der Waals surface area contributed by atoms with E-state index < -0.39 is 5.60 Å². The molecule has 3 rings (SSSR count). The standard InChI is InChI=1S/C25H44N4O/c1-23(2,28-17-9-22(10-18-28)27(5)6)11-12-24(3,4)29-19-13-25(30,14-20-29)21-7-15-26-16-8-21/h7-8,15-16,22,30H,9-14,17-20H2,1-6H3. The Labute approximate surface area is 184 Å². The highest BCUT2D eigenvalue weighted by Gasteiger charge is 2.40. The molecule has 0 spiro atoms. The minimum atomic E-state index is -0.703. The first kappa shape index (κ1) is 23.6. The quantitative estimate of drug-likeness (QED) is 0.734. The largest absolute Gasteiger partial charge is 0.385 e. The van der Waals surface area contributed by atoms with Crippen LogP contribution in [0.3, 0.4) is 0 Å². The van der Waals surface area contributed by atoms with E-state index in [-0.39, 0.29) is 11.1 Å². The molecule has 0 bridgehead atoms. The van der Waals surface area contributed by atoms with E-state index in [2.05, 4.69) is 61.5 Å². The average Bonchev–Trinajstić information content (AvgIpc) is 2.73. The van der Waals surface area contributed by atoms with Crippen molar-refractivity contribution in [2.24, 2.45) is 0 Å². The van der Waals surface area contributed by atoms with E-state index >= 15 is 0 Å². The second-order valence-electron chi connectivity index (χ2n) is 11.1. The third kappa shape index (κ3) is 5.42. The lowest BCUT2D eigenvalue weighted by Crippen LogP contribution is -2.54. The summed E-state index contributed by atoms with van der Waals surface area (Å²) in [5.74, 6) is 0. The van der Waals surface area contributed by atoms with Crippen LogP contribution in [0.5, 0.6) is 0 Å². The van der Waals surface area contributed by atoms with Gasteiger partial charge in [-0.2, -0.15) is 0 Å². The van der Waals surface area contributed by atoms with Gasteiger partial charge in [0.2, 0.25) is 0 Å². The zero-order valence-electron chi connectivity index (χ0n) is 20.2. The number of aliphatic hydroxyl groups is 1. The lowest BCUT2D eigenvalue weighted by atomic mass is 9.81. The summed E-state index contributed by atoms with van der Waals surface area (Å²) in [7, 11) is 4.42. The van der Waals surface area contributed by atoms with E-state index in [1.54, 1.807) is 12.4 Å². The maximum Gasteiger partial charge on any atom is 0.0922 e. The predicted octanol–water partition coefficient (Wildman–Crippen LogP) is 3.73. The van der Waals surface area contributed by atoms with Gasteiger partial charge in [0.15, 0.2) is 0 Å². The van der Waals surface area contributed by atoms with Crippen molar-refractivity contribution in [3.63, 3.8) is 0 Å². The molecular weight excluding hydrogens is 372 g/mol. The molecule has 0 atom stereocenters. The van der Waals surface area contributed by atoms with Gasteiger partial charge in [-0.1, -0.05) is 0 Å². The number of rotatable bonds is 7. The maximum atomic E-state index is 11.2. The molecule has 0 unspecified atom stereocenters. The third-order valence-electron chi connectivity index (χ3n) is 8.06. The summed E-state index contributed by atoms with van der Waals surface area (Å²) in [6.07, 6.45) is 10.1. The monoisotopic (exact) mass is 416 g/mol. The van der Waals surface area contributed by atoms with Crippen LogP contribution in [0.2, 0.25) is 0 Å². The van der Waals surface area contributed by atoms with Gasteiger partial charge in [-0.05, 0) is 98.0 Å². The number of hydrogen-bond acceptors (Lipinski definition) is 5. The molecule has 0 amide bonds. The van der Waals surface area contributed by atoms with E-state index in [1.807, 2.05) is 12.1 Å². The van der Waals surface area contributed by atoms with Crippen molar-refractivity contribution in [2.45, 2.75) is 88.9 Å². The normalized spacial score (nSPS) is 22.5. The molecule has 5 heteroatoms. The second kappa shape index (κ2) is 9.23. The van der Waals surface area contributed by atoms with Gasteiger partial charge >= 0.3 is 0 Å². The van der Waals surface area contributed by atoms with E-state index in [0.717, 1.165) is 37.5 Å². The summed E-state index contributed by atoms with van der Waals surface area (Å²) in [5, 5.41) is 11.2. The SMILES string of the molecule is CN(C)C1CCN(C(C)(C)CCC(C)(C)N2CCC(O)(c3ccncc3)CC2)CC1. The van der Waals surface area contributed by atoms with Crippen LogP contribution in [0.25, 0.3) is 0 Å². The van der Waals surface area contributed by atoms with Gasteiger partial charge in [0.25, 0.3) is 0 Å². The molecule has 2 saturated heterocycles. The maximum absolute atomic E-state index is 11.2. The number of piperidine rings is 2. The lowest BCUT2D eigenvalue weighted by Gasteiger charge is -2.49. The molecule has 1 N–H and O–H groups in total. The van der Waals surface area contributed by atoms with Crippen LogP contribution in [0.4, 0.5) is 0 Å². The van der Waals surface area contributed by atoms with Crippen molar-refractivity contribution in [3.8, 4) is 0 Å². The van der Waals surface area contributed by atoms with E-state index in [4.69, 9.17) is 0 Å². The zero-order valence-corrected chi connectivity index (χ0v) is 20.2. The Morgan fingerprint density at radius 1 is 0.933 bits per heavy atom. The highest BCUT2D eigenvalue weighted by Crippen LogP contribution is 2.37. The van der Waals surface area contributed by atoms with Gasteiger partial charge in [-0.15, -0.1) is 0 Å². The van der Waals surface area contributed by atoms with Crippen molar-refractivity contribution in [3.05, 3.63) is 30.1 Å². The van der Waals surface area contributed by atoms with Gasteiger partial charge in [-0.25, -0.2) is 0 Å². The van der Waals surface area contributed by atoms with Gasteiger partial charge in [-0.3, -0.25) is 14.8 Å². The molecule has 5 nitrogen and oxygen atoms in total.